The lowest BCUT2D eigenvalue weighted by atomic mass is 10.1. The van der Waals surface area contributed by atoms with Crippen LogP contribution < -0.4 is 5.32 Å². The fourth-order valence-electron chi connectivity index (χ4n) is 3.07. The van der Waals surface area contributed by atoms with Gasteiger partial charge in [0, 0.05) is 31.7 Å². The number of halogens is 1. The molecule has 1 aliphatic rings. The van der Waals surface area contributed by atoms with Crippen LogP contribution in [0.5, 0.6) is 0 Å². The number of hydrogen-bond acceptors (Lipinski definition) is 5. The van der Waals surface area contributed by atoms with Crippen molar-refractivity contribution in [3.05, 3.63) is 76.6 Å². The largest absolute Gasteiger partial charge is 0.348 e. The second-order valence-corrected chi connectivity index (χ2v) is 6.76. The van der Waals surface area contributed by atoms with E-state index in [-0.39, 0.29) is 11.8 Å². The Morgan fingerprint density at radius 1 is 1.14 bits per heavy atom. The number of aromatic nitrogens is 4. The van der Waals surface area contributed by atoms with Gasteiger partial charge in [-0.05, 0) is 23.8 Å². The molecule has 0 fully saturated rings. The Bertz CT molecular complexity index is 1000. The lowest BCUT2D eigenvalue weighted by molar-refractivity contribution is 0.0702. The summed E-state index contributed by atoms with van der Waals surface area (Å²) in [6.45, 7) is 1.71. The van der Waals surface area contributed by atoms with Crippen molar-refractivity contribution < 1.29 is 9.59 Å². The summed E-state index contributed by atoms with van der Waals surface area (Å²) in [5, 5.41) is 7.55. The predicted octanol–water partition coefficient (Wildman–Crippen LogP) is 1.91. The van der Waals surface area contributed by atoms with Gasteiger partial charge in [-0.3, -0.25) is 19.3 Å². The third-order valence-electron chi connectivity index (χ3n) is 4.55. The van der Waals surface area contributed by atoms with E-state index in [2.05, 4.69) is 20.4 Å². The third-order valence-corrected chi connectivity index (χ3v) is 4.78. The first-order valence-corrected chi connectivity index (χ1v) is 9.12. The quantitative estimate of drug-likeness (QED) is 0.680. The van der Waals surface area contributed by atoms with E-state index in [9.17, 15) is 9.59 Å². The number of amides is 2. The Hall–Kier alpha value is -3.26. The Balaban J connectivity index is 1.46. The molecule has 142 valence electrons. The predicted molar refractivity (Wildman–Crippen MR) is 102 cm³/mol. The van der Waals surface area contributed by atoms with Crippen molar-refractivity contribution in [2.45, 2.75) is 19.6 Å². The number of nitrogens with zero attached hydrogens (tertiary/aromatic N) is 5. The number of rotatable bonds is 4. The average molecular weight is 397 g/mol. The van der Waals surface area contributed by atoms with Crippen molar-refractivity contribution in [3.63, 3.8) is 0 Å². The van der Waals surface area contributed by atoms with Crippen LogP contribution in [0.25, 0.3) is 0 Å². The van der Waals surface area contributed by atoms with Gasteiger partial charge in [0.05, 0.1) is 36.1 Å². The molecular formula is C19H17ClN6O2. The van der Waals surface area contributed by atoms with Crippen LogP contribution in [-0.2, 0) is 19.6 Å². The second-order valence-electron chi connectivity index (χ2n) is 6.37. The fraction of sp³-hybridized carbons (Fsp3) is 0.211. The third kappa shape index (κ3) is 3.72. The summed E-state index contributed by atoms with van der Waals surface area (Å²) in [6.07, 6.45) is 6.33. The zero-order valence-electron chi connectivity index (χ0n) is 14.9. The van der Waals surface area contributed by atoms with Gasteiger partial charge in [-0.1, -0.05) is 17.7 Å². The minimum atomic E-state index is -0.244. The Kier molecular flexibility index (Phi) is 5.03. The molecule has 2 amide bonds. The van der Waals surface area contributed by atoms with E-state index in [1.807, 2.05) is 0 Å². The van der Waals surface area contributed by atoms with E-state index in [1.165, 1.54) is 0 Å². The number of fused-ring (bicyclic) bond motifs is 1. The van der Waals surface area contributed by atoms with Crippen LogP contribution in [0, 0.1) is 0 Å². The first-order chi connectivity index (χ1) is 13.6. The van der Waals surface area contributed by atoms with E-state index in [4.69, 9.17) is 11.6 Å². The molecule has 9 heteroatoms. The molecule has 0 saturated heterocycles. The maximum atomic E-state index is 12.7. The molecule has 1 aliphatic heterocycles. The molecule has 0 aromatic carbocycles. The van der Waals surface area contributed by atoms with Crippen molar-refractivity contribution in [1.29, 1.82) is 0 Å². The molecule has 8 nitrogen and oxygen atoms in total. The van der Waals surface area contributed by atoms with Crippen LogP contribution in [0.3, 0.4) is 0 Å². The molecule has 0 unspecified atom stereocenters. The number of carbonyl (C=O) groups is 2. The molecule has 28 heavy (non-hydrogen) atoms. The summed E-state index contributed by atoms with van der Waals surface area (Å²) in [5.74, 6) is -0.356. The zero-order chi connectivity index (χ0) is 19.5. The number of hydrogen-bond donors (Lipinski definition) is 1. The first kappa shape index (κ1) is 18.1. The lowest BCUT2D eigenvalue weighted by Gasteiger charge is -2.28. The molecule has 0 spiro atoms. The highest BCUT2D eigenvalue weighted by atomic mass is 35.5. The molecule has 0 aliphatic carbocycles. The summed E-state index contributed by atoms with van der Waals surface area (Å²) in [5.41, 5.74) is 2.55. The van der Waals surface area contributed by atoms with E-state index < -0.39 is 0 Å². The maximum absolute atomic E-state index is 12.7. The Morgan fingerprint density at radius 2 is 2.04 bits per heavy atom. The molecule has 0 atom stereocenters. The molecular weight excluding hydrogens is 380 g/mol. The van der Waals surface area contributed by atoms with Crippen LogP contribution in [0.1, 0.15) is 32.0 Å². The zero-order valence-corrected chi connectivity index (χ0v) is 15.6. The normalized spacial score (nSPS) is 13.1. The van der Waals surface area contributed by atoms with Gasteiger partial charge in [-0.2, -0.15) is 5.10 Å². The highest BCUT2D eigenvalue weighted by molar-refractivity contribution is 6.29. The monoisotopic (exact) mass is 396 g/mol. The molecule has 1 N–H and O–H groups in total. The fourth-order valence-corrected chi connectivity index (χ4v) is 3.18. The highest BCUT2D eigenvalue weighted by Crippen LogP contribution is 2.18. The molecule has 4 heterocycles. The van der Waals surface area contributed by atoms with Gasteiger partial charge in [0.1, 0.15) is 5.15 Å². The van der Waals surface area contributed by atoms with Gasteiger partial charge >= 0.3 is 0 Å². The Labute approximate surface area is 166 Å². The minimum absolute atomic E-state index is 0.112. The minimum Gasteiger partial charge on any atom is -0.348 e. The van der Waals surface area contributed by atoms with Crippen LogP contribution in [-0.4, -0.2) is 43.0 Å². The summed E-state index contributed by atoms with van der Waals surface area (Å²) in [6, 6.07) is 6.94. The van der Waals surface area contributed by atoms with Crippen LogP contribution in [0.15, 0.2) is 49.1 Å². The standard InChI is InChI=1S/C19H17ClN6O2/c20-17-4-3-13(8-22-17)9-23-18(27)15-11-24-26-7-6-25(12-16(15)26)19(28)14-2-1-5-21-10-14/h1-5,8,10-11H,6-7,9,12H2,(H,23,27). The van der Waals surface area contributed by atoms with Crippen molar-refractivity contribution in [3.8, 4) is 0 Å². The van der Waals surface area contributed by atoms with Gasteiger partial charge < -0.3 is 10.2 Å². The second kappa shape index (κ2) is 7.77. The summed E-state index contributed by atoms with van der Waals surface area (Å²) < 4.78 is 1.77. The van der Waals surface area contributed by atoms with Crippen molar-refractivity contribution in [1.82, 2.24) is 30.0 Å². The number of nitrogens with one attached hydrogen (secondary N) is 1. The molecule has 0 bridgehead atoms. The van der Waals surface area contributed by atoms with Crippen molar-refractivity contribution in [2.75, 3.05) is 6.54 Å². The van der Waals surface area contributed by atoms with Gasteiger partial charge in [0.25, 0.3) is 11.8 Å². The SMILES string of the molecule is O=C(NCc1ccc(Cl)nc1)c1cnn2c1CN(C(=O)c1cccnc1)CC2. The van der Waals surface area contributed by atoms with Gasteiger partial charge in [-0.25, -0.2) is 4.98 Å². The van der Waals surface area contributed by atoms with Crippen molar-refractivity contribution >= 4 is 23.4 Å². The molecule has 3 aromatic heterocycles. The maximum Gasteiger partial charge on any atom is 0.255 e. The van der Waals surface area contributed by atoms with Gasteiger partial charge in [-0.15, -0.1) is 0 Å². The topological polar surface area (TPSA) is 93.0 Å². The summed E-state index contributed by atoms with van der Waals surface area (Å²) >= 11 is 5.77. The van der Waals surface area contributed by atoms with E-state index >= 15 is 0 Å². The molecule has 4 rings (SSSR count). The lowest BCUT2D eigenvalue weighted by Crippen LogP contribution is -2.39. The average Bonchev–Trinajstić information content (AvgIpc) is 3.16. The van der Waals surface area contributed by atoms with Gasteiger partial charge in [0.15, 0.2) is 0 Å². The molecule has 3 aromatic rings. The van der Waals surface area contributed by atoms with Crippen LogP contribution in [0.2, 0.25) is 5.15 Å². The van der Waals surface area contributed by atoms with Crippen LogP contribution in [0.4, 0.5) is 0 Å². The van der Waals surface area contributed by atoms with Gasteiger partial charge in [0.2, 0.25) is 0 Å². The summed E-state index contributed by atoms with van der Waals surface area (Å²) in [7, 11) is 0. The van der Waals surface area contributed by atoms with E-state index in [1.54, 1.807) is 58.6 Å². The molecule has 0 saturated carbocycles. The van der Waals surface area contributed by atoms with Crippen molar-refractivity contribution in [2.24, 2.45) is 0 Å². The Morgan fingerprint density at radius 3 is 2.79 bits per heavy atom. The number of pyridine rings is 2. The summed E-state index contributed by atoms with van der Waals surface area (Å²) in [4.78, 5) is 35.0. The van der Waals surface area contributed by atoms with E-state index in [0.717, 1.165) is 11.3 Å². The molecule has 0 radical (unpaired) electrons. The first-order valence-electron chi connectivity index (χ1n) is 8.74. The van der Waals surface area contributed by atoms with E-state index in [0.29, 0.717) is 42.5 Å². The smallest absolute Gasteiger partial charge is 0.255 e. The van der Waals surface area contributed by atoms with Crippen LogP contribution >= 0.6 is 11.6 Å². The highest BCUT2D eigenvalue weighted by Gasteiger charge is 2.27. The number of carbonyl (C=O) groups excluding carboxylic acids is 2.